The Morgan fingerprint density at radius 3 is 2.47 bits per heavy atom. The van der Waals surface area contributed by atoms with E-state index >= 15 is 0 Å². The minimum absolute atomic E-state index is 0.0842. The van der Waals surface area contributed by atoms with Crippen molar-refractivity contribution in [2.45, 2.75) is 19.4 Å². The number of nitrogens with zero attached hydrogens (tertiary/aromatic N) is 3. The molecule has 10 heteroatoms. The molecule has 2 unspecified atom stereocenters. The molecule has 0 aliphatic carbocycles. The van der Waals surface area contributed by atoms with Crippen LogP contribution in [-0.2, 0) is 14.4 Å². The molecule has 2 aliphatic rings. The third kappa shape index (κ3) is 5.31. The Bertz CT molecular complexity index is 840. The van der Waals surface area contributed by atoms with E-state index in [-0.39, 0.29) is 37.3 Å². The summed E-state index contributed by atoms with van der Waals surface area (Å²) in [4.78, 5) is 43.5. The highest BCUT2D eigenvalue weighted by Gasteiger charge is 2.37. The maximum atomic E-state index is 12.8. The Labute approximate surface area is 188 Å². The Balaban J connectivity index is 1.56. The molecule has 10 nitrogen and oxygen atoms in total. The van der Waals surface area contributed by atoms with Crippen molar-refractivity contribution in [2.24, 2.45) is 5.92 Å². The van der Waals surface area contributed by atoms with Crippen LogP contribution in [0.3, 0.4) is 0 Å². The van der Waals surface area contributed by atoms with E-state index in [0.717, 1.165) is 0 Å². The number of aliphatic hydroxyl groups is 1. The van der Waals surface area contributed by atoms with Crippen molar-refractivity contribution >= 4 is 23.4 Å². The molecule has 2 fully saturated rings. The fraction of sp³-hybridized carbons (Fsp3) is 0.591. The largest absolute Gasteiger partial charge is 0.493 e. The third-order valence-electron chi connectivity index (χ3n) is 6.00. The van der Waals surface area contributed by atoms with Crippen molar-refractivity contribution in [3.05, 3.63) is 18.2 Å². The predicted molar refractivity (Wildman–Crippen MR) is 118 cm³/mol. The van der Waals surface area contributed by atoms with E-state index in [2.05, 4.69) is 10.2 Å². The van der Waals surface area contributed by atoms with Gasteiger partial charge in [0, 0.05) is 57.4 Å². The predicted octanol–water partition coefficient (Wildman–Crippen LogP) is -0.302. The number of ether oxygens (including phenoxy) is 2. The van der Waals surface area contributed by atoms with E-state index in [0.29, 0.717) is 49.9 Å². The number of β-amino-alcohol motifs (C(OH)–C–C–N with tert-alkyl or cyclic N) is 1. The van der Waals surface area contributed by atoms with Crippen molar-refractivity contribution in [2.75, 3.05) is 65.0 Å². The minimum Gasteiger partial charge on any atom is -0.493 e. The molecule has 2 N–H and O–H groups in total. The first-order valence-corrected chi connectivity index (χ1v) is 10.8. The van der Waals surface area contributed by atoms with Gasteiger partial charge in [-0.05, 0) is 19.1 Å². The number of methoxy groups -OCH3 is 2. The second kappa shape index (κ2) is 10.6. The van der Waals surface area contributed by atoms with Gasteiger partial charge in [-0.2, -0.15) is 0 Å². The van der Waals surface area contributed by atoms with Crippen LogP contribution in [0.2, 0.25) is 0 Å². The van der Waals surface area contributed by atoms with E-state index in [4.69, 9.17) is 14.6 Å². The quantitative estimate of drug-likeness (QED) is 0.562. The van der Waals surface area contributed by atoms with E-state index < -0.39 is 12.0 Å². The van der Waals surface area contributed by atoms with Crippen LogP contribution in [0.4, 0.5) is 5.69 Å². The van der Waals surface area contributed by atoms with E-state index in [1.165, 1.54) is 14.2 Å². The van der Waals surface area contributed by atoms with Gasteiger partial charge < -0.3 is 29.7 Å². The second-order valence-corrected chi connectivity index (χ2v) is 8.07. The van der Waals surface area contributed by atoms with Crippen molar-refractivity contribution in [1.29, 1.82) is 0 Å². The van der Waals surface area contributed by atoms with Crippen molar-refractivity contribution < 1.29 is 29.0 Å². The van der Waals surface area contributed by atoms with Crippen LogP contribution in [-0.4, -0.2) is 98.8 Å². The SMILES string of the molecule is COc1ccc(N2CC(C(=O)NC(C)C(=O)N3CCN(CCO)CC3)CC2=O)cc1OC. The molecule has 1 aromatic rings. The molecular weight excluding hydrogens is 416 g/mol. The Kier molecular flexibility index (Phi) is 7.92. The third-order valence-corrected chi connectivity index (χ3v) is 6.00. The minimum atomic E-state index is -0.669. The molecule has 176 valence electrons. The number of rotatable bonds is 8. The molecule has 32 heavy (non-hydrogen) atoms. The van der Waals surface area contributed by atoms with E-state index in [1.807, 2.05) is 0 Å². The Morgan fingerprint density at radius 1 is 1.16 bits per heavy atom. The fourth-order valence-corrected chi connectivity index (χ4v) is 4.13. The molecule has 2 aliphatic heterocycles. The first-order chi connectivity index (χ1) is 15.4. The van der Waals surface area contributed by atoms with Gasteiger partial charge in [0.05, 0.1) is 26.7 Å². The van der Waals surface area contributed by atoms with Crippen molar-refractivity contribution in [1.82, 2.24) is 15.1 Å². The number of hydrogen-bond acceptors (Lipinski definition) is 7. The molecule has 0 spiro atoms. The molecule has 2 atom stereocenters. The number of hydrogen-bond donors (Lipinski definition) is 2. The average Bonchev–Trinajstić information content (AvgIpc) is 3.20. The van der Waals surface area contributed by atoms with Crippen molar-refractivity contribution in [3.63, 3.8) is 0 Å². The van der Waals surface area contributed by atoms with Crippen LogP contribution in [0.5, 0.6) is 11.5 Å². The molecule has 0 bridgehead atoms. The molecule has 0 aromatic heterocycles. The molecule has 2 heterocycles. The van der Waals surface area contributed by atoms with Crippen LogP contribution >= 0.6 is 0 Å². The van der Waals surface area contributed by atoms with Crippen LogP contribution in [0.15, 0.2) is 18.2 Å². The van der Waals surface area contributed by atoms with Crippen LogP contribution < -0.4 is 19.7 Å². The van der Waals surface area contributed by atoms with Gasteiger partial charge in [-0.15, -0.1) is 0 Å². The first kappa shape index (κ1) is 23.8. The zero-order valence-corrected chi connectivity index (χ0v) is 18.9. The summed E-state index contributed by atoms with van der Waals surface area (Å²) in [6.45, 7) is 5.13. The highest BCUT2D eigenvalue weighted by molar-refractivity contribution is 6.01. The topological polar surface area (TPSA) is 112 Å². The number of aliphatic hydroxyl groups excluding tert-OH is 1. The normalized spacial score (nSPS) is 20.2. The van der Waals surface area contributed by atoms with Gasteiger partial charge in [0.2, 0.25) is 17.7 Å². The number of anilines is 1. The first-order valence-electron chi connectivity index (χ1n) is 10.8. The average molecular weight is 449 g/mol. The molecule has 1 aromatic carbocycles. The molecule has 3 amide bonds. The van der Waals surface area contributed by atoms with Gasteiger partial charge in [0.1, 0.15) is 6.04 Å². The lowest BCUT2D eigenvalue weighted by atomic mass is 10.1. The molecule has 0 saturated carbocycles. The van der Waals surface area contributed by atoms with Crippen LogP contribution in [0.1, 0.15) is 13.3 Å². The van der Waals surface area contributed by atoms with E-state index in [9.17, 15) is 14.4 Å². The molecular formula is C22H32N4O6. The smallest absolute Gasteiger partial charge is 0.244 e. The lowest BCUT2D eigenvalue weighted by Crippen LogP contribution is -2.55. The highest BCUT2D eigenvalue weighted by atomic mass is 16.5. The molecule has 3 rings (SSSR count). The van der Waals surface area contributed by atoms with Gasteiger partial charge in [0.15, 0.2) is 11.5 Å². The van der Waals surface area contributed by atoms with Crippen molar-refractivity contribution in [3.8, 4) is 11.5 Å². The number of carbonyl (C=O) groups is 3. The number of benzene rings is 1. The van der Waals surface area contributed by atoms with E-state index in [1.54, 1.807) is 34.9 Å². The van der Waals surface area contributed by atoms with Crippen LogP contribution in [0.25, 0.3) is 0 Å². The number of amides is 3. The van der Waals surface area contributed by atoms with Gasteiger partial charge >= 0.3 is 0 Å². The Hall–Kier alpha value is -2.85. The molecule has 0 radical (unpaired) electrons. The highest BCUT2D eigenvalue weighted by Crippen LogP contribution is 2.34. The number of carbonyl (C=O) groups excluding carboxylic acids is 3. The number of nitrogens with one attached hydrogen (secondary N) is 1. The summed E-state index contributed by atoms with van der Waals surface area (Å²) in [6.07, 6.45) is 0.0842. The summed E-state index contributed by atoms with van der Waals surface area (Å²) in [5.74, 6) is -0.0708. The van der Waals surface area contributed by atoms with Gasteiger partial charge in [-0.25, -0.2) is 0 Å². The standard InChI is InChI=1S/C22H32N4O6/c1-15(22(30)25-8-6-24(7-9-25)10-11-27)23-21(29)16-12-20(28)26(14-16)17-4-5-18(31-2)19(13-17)32-3/h4-5,13,15-16,27H,6-12,14H2,1-3H3,(H,23,29). The maximum Gasteiger partial charge on any atom is 0.244 e. The second-order valence-electron chi connectivity index (χ2n) is 8.07. The zero-order valence-electron chi connectivity index (χ0n) is 18.9. The summed E-state index contributed by atoms with van der Waals surface area (Å²) in [7, 11) is 3.06. The summed E-state index contributed by atoms with van der Waals surface area (Å²) in [6, 6.07) is 4.51. The lowest BCUT2D eigenvalue weighted by Gasteiger charge is -2.35. The number of piperazine rings is 1. The monoisotopic (exact) mass is 448 g/mol. The summed E-state index contributed by atoms with van der Waals surface area (Å²) in [5, 5.41) is 11.8. The summed E-state index contributed by atoms with van der Waals surface area (Å²) in [5.41, 5.74) is 0.632. The van der Waals surface area contributed by atoms with Gasteiger partial charge in [-0.3, -0.25) is 19.3 Å². The summed E-state index contributed by atoms with van der Waals surface area (Å²) >= 11 is 0. The molecule has 2 saturated heterocycles. The van der Waals surface area contributed by atoms with Gasteiger partial charge in [0.25, 0.3) is 0 Å². The zero-order chi connectivity index (χ0) is 23.3. The van der Waals surface area contributed by atoms with Crippen LogP contribution in [0, 0.1) is 5.92 Å². The summed E-state index contributed by atoms with van der Waals surface area (Å²) < 4.78 is 10.5. The lowest BCUT2D eigenvalue weighted by molar-refractivity contribution is -0.138. The maximum absolute atomic E-state index is 12.8. The van der Waals surface area contributed by atoms with Gasteiger partial charge in [-0.1, -0.05) is 0 Å². The fourth-order valence-electron chi connectivity index (χ4n) is 4.13. The Morgan fingerprint density at radius 2 is 1.84 bits per heavy atom.